The van der Waals surface area contributed by atoms with Crippen molar-refractivity contribution in [3.05, 3.63) is 28.8 Å². The van der Waals surface area contributed by atoms with E-state index in [1.54, 1.807) is 13.3 Å². The minimum absolute atomic E-state index is 0.155. The fourth-order valence-corrected chi connectivity index (χ4v) is 3.56. The van der Waals surface area contributed by atoms with Gasteiger partial charge >= 0.3 is 5.97 Å². The molecule has 10 heteroatoms. The van der Waals surface area contributed by atoms with E-state index in [1.165, 1.54) is 6.20 Å². The van der Waals surface area contributed by atoms with E-state index < -0.39 is 5.97 Å². The molecule has 3 rings (SSSR count). The SMILES string of the molecule is CO[C@@H]1CN(c2ncc(C(=O)O)s2)CC[C@@H]1NC(=O)c1ncc(C)[nH]1. The quantitative estimate of drug-likeness (QED) is 0.720. The molecule has 3 heterocycles. The van der Waals surface area contributed by atoms with Gasteiger partial charge in [0.15, 0.2) is 11.0 Å². The molecule has 1 amide bonds. The lowest BCUT2D eigenvalue weighted by atomic mass is 10.0. The molecular formula is C15H19N5O4S. The number of carbonyl (C=O) groups is 2. The van der Waals surface area contributed by atoms with Crippen molar-refractivity contribution in [1.29, 1.82) is 0 Å². The summed E-state index contributed by atoms with van der Waals surface area (Å²) in [5, 5.41) is 12.6. The predicted molar refractivity (Wildman–Crippen MR) is 91.3 cm³/mol. The number of aryl methyl sites for hydroxylation is 1. The van der Waals surface area contributed by atoms with Gasteiger partial charge in [0.25, 0.3) is 5.91 Å². The molecule has 0 aromatic carbocycles. The van der Waals surface area contributed by atoms with Crippen molar-refractivity contribution in [3.63, 3.8) is 0 Å². The van der Waals surface area contributed by atoms with Crippen LogP contribution in [-0.2, 0) is 4.74 Å². The Bertz CT molecular complexity index is 774. The van der Waals surface area contributed by atoms with Crippen LogP contribution in [0.1, 0.15) is 32.4 Å². The third-order valence-electron chi connectivity index (χ3n) is 4.07. The van der Waals surface area contributed by atoms with Crippen LogP contribution in [0, 0.1) is 6.92 Å². The number of aromatic amines is 1. The molecule has 9 nitrogen and oxygen atoms in total. The van der Waals surface area contributed by atoms with E-state index in [4.69, 9.17) is 9.84 Å². The van der Waals surface area contributed by atoms with Crippen LogP contribution >= 0.6 is 11.3 Å². The summed E-state index contributed by atoms with van der Waals surface area (Å²) in [6, 6.07) is -0.155. The minimum atomic E-state index is -0.983. The summed E-state index contributed by atoms with van der Waals surface area (Å²) in [6.45, 7) is 3.00. The number of anilines is 1. The Labute approximate surface area is 148 Å². The number of carboxylic acid groups (broad SMARTS) is 1. The van der Waals surface area contributed by atoms with Gasteiger partial charge in [0, 0.05) is 32.1 Å². The van der Waals surface area contributed by atoms with E-state index in [0.717, 1.165) is 17.0 Å². The highest BCUT2D eigenvalue weighted by Gasteiger charge is 2.32. The Hall–Kier alpha value is -2.46. The maximum Gasteiger partial charge on any atom is 0.347 e. The standard InChI is InChI=1S/C15H19N5O4S/c1-8-5-16-12(18-8)13(21)19-9-3-4-20(7-10(9)24-2)15-17-6-11(25-15)14(22)23/h5-6,9-10H,3-4,7H2,1-2H3,(H,16,18)(H,19,21)(H,22,23)/t9-,10+/m0/s1. The predicted octanol–water partition coefficient (Wildman–Crippen LogP) is 0.897. The maximum absolute atomic E-state index is 12.3. The number of methoxy groups -OCH3 is 1. The summed E-state index contributed by atoms with van der Waals surface area (Å²) in [5.74, 6) is -0.972. The molecule has 2 aromatic rings. The number of nitrogens with zero attached hydrogens (tertiary/aromatic N) is 3. The monoisotopic (exact) mass is 365 g/mol. The summed E-state index contributed by atoms with van der Waals surface area (Å²) >= 11 is 1.13. The lowest BCUT2D eigenvalue weighted by Gasteiger charge is -2.37. The van der Waals surface area contributed by atoms with Crippen molar-refractivity contribution in [2.45, 2.75) is 25.5 Å². The van der Waals surface area contributed by atoms with E-state index >= 15 is 0 Å². The van der Waals surface area contributed by atoms with Gasteiger partial charge in [0.05, 0.1) is 18.3 Å². The molecule has 0 spiro atoms. The van der Waals surface area contributed by atoms with Crippen molar-refractivity contribution < 1.29 is 19.4 Å². The van der Waals surface area contributed by atoms with Gasteiger partial charge < -0.3 is 25.0 Å². The average molecular weight is 365 g/mol. The topological polar surface area (TPSA) is 120 Å². The van der Waals surface area contributed by atoms with E-state index in [9.17, 15) is 9.59 Å². The van der Waals surface area contributed by atoms with Gasteiger partial charge in [0.2, 0.25) is 0 Å². The van der Waals surface area contributed by atoms with Gasteiger partial charge in [-0.3, -0.25) is 4.79 Å². The maximum atomic E-state index is 12.3. The smallest absolute Gasteiger partial charge is 0.347 e. The first-order valence-corrected chi connectivity index (χ1v) is 8.59. The summed E-state index contributed by atoms with van der Waals surface area (Å²) in [7, 11) is 1.59. The number of amides is 1. The van der Waals surface area contributed by atoms with Gasteiger partial charge in [-0.25, -0.2) is 14.8 Å². The fraction of sp³-hybridized carbons (Fsp3) is 0.467. The van der Waals surface area contributed by atoms with Gasteiger partial charge in [-0.1, -0.05) is 11.3 Å². The largest absolute Gasteiger partial charge is 0.477 e. The summed E-state index contributed by atoms with van der Waals surface area (Å²) in [6.07, 6.45) is 3.39. The van der Waals surface area contributed by atoms with Crippen LogP contribution in [0.2, 0.25) is 0 Å². The van der Waals surface area contributed by atoms with Crippen LogP contribution in [0.25, 0.3) is 0 Å². The highest BCUT2D eigenvalue weighted by Crippen LogP contribution is 2.26. The number of imidazole rings is 1. The first-order chi connectivity index (χ1) is 12.0. The van der Waals surface area contributed by atoms with Crippen molar-refractivity contribution in [3.8, 4) is 0 Å². The molecule has 2 atom stereocenters. The highest BCUT2D eigenvalue weighted by atomic mass is 32.1. The molecule has 25 heavy (non-hydrogen) atoms. The fourth-order valence-electron chi connectivity index (χ4n) is 2.77. The normalized spacial score (nSPS) is 20.5. The summed E-state index contributed by atoms with van der Waals surface area (Å²) in [4.78, 5) is 36.6. The number of H-pyrrole nitrogens is 1. The number of rotatable bonds is 5. The average Bonchev–Trinajstić information content (AvgIpc) is 3.24. The molecule has 0 bridgehead atoms. The van der Waals surface area contributed by atoms with Gasteiger partial charge in [-0.15, -0.1) is 0 Å². The Morgan fingerprint density at radius 3 is 2.84 bits per heavy atom. The zero-order valence-electron chi connectivity index (χ0n) is 13.9. The van der Waals surface area contributed by atoms with Gasteiger partial charge in [-0.2, -0.15) is 0 Å². The number of thiazole rings is 1. The zero-order chi connectivity index (χ0) is 18.0. The Kier molecular flexibility index (Phi) is 5.00. The number of piperidine rings is 1. The van der Waals surface area contributed by atoms with E-state index in [0.29, 0.717) is 24.6 Å². The molecule has 1 aliphatic rings. The molecule has 0 aliphatic carbocycles. The molecule has 3 N–H and O–H groups in total. The van der Waals surface area contributed by atoms with Crippen LogP contribution in [0.4, 0.5) is 5.13 Å². The van der Waals surface area contributed by atoms with Crippen molar-refractivity contribution >= 4 is 28.3 Å². The molecule has 0 saturated carbocycles. The summed E-state index contributed by atoms with van der Waals surface area (Å²) in [5.41, 5.74) is 0.821. The third kappa shape index (κ3) is 3.80. The Morgan fingerprint density at radius 1 is 1.44 bits per heavy atom. The number of hydrogen-bond donors (Lipinski definition) is 3. The first-order valence-electron chi connectivity index (χ1n) is 7.77. The number of carbonyl (C=O) groups excluding carboxylic acids is 1. The zero-order valence-corrected chi connectivity index (χ0v) is 14.7. The minimum Gasteiger partial charge on any atom is -0.477 e. The van der Waals surface area contributed by atoms with Crippen LogP contribution in [0.15, 0.2) is 12.4 Å². The first kappa shape index (κ1) is 17.4. The Balaban J connectivity index is 1.64. The number of carboxylic acids is 1. The number of nitrogens with one attached hydrogen (secondary N) is 2. The van der Waals surface area contributed by atoms with Gasteiger partial charge in [0.1, 0.15) is 4.88 Å². The number of aromatic nitrogens is 3. The molecule has 134 valence electrons. The van der Waals surface area contributed by atoms with Crippen molar-refractivity contribution in [2.24, 2.45) is 0 Å². The molecule has 1 aliphatic heterocycles. The molecule has 0 unspecified atom stereocenters. The van der Waals surface area contributed by atoms with E-state index in [-0.39, 0.29) is 28.8 Å². The van der Waals surface area contributed by atoms with Crippen molar-refractivity contribution in [1.82, 2.24) is 20.3 Å². The van der Waals surface area contributed by atoms with Crippen LogP contribution in [0.3, 0.4) is 0 Å². The molecule has 0 radical (unpaired) electrons. The number of ether oxygens (including phenoxy) is 1. The second-order valence-electron chi connectivity index (χ2n) is 5.82. The lowest BCUT2D eigenvalue weighted by Crippen LogP contribution is -2.55. The second-order valence-corrected chi connectivity index (χ2v) is 6.82. The number of aromatic carboxylic acids is 1. The Morgan fingerprint density at radius 2 is 2.24 bits per heavy atom. The second kappa shape index (κ2) is 7.19. The molecule has 1 saturated heterocycles. The molecule has 1 fully saturated rings. The van der Waals surface area contributed by atoms with E-state index in [1.807, 2.05) is 11.8 Å². The third-order valence-corrected chi connectivity index (χ3v) is 5.12. The molecular weight excluding hydrogens is 346 g/mol. The van der Waals surface area contributed by atoms with Crippen molar-refractivity contribution in [2.75, 3.05) is 25.1 Å². The van der Waals surface area contributed by atoms with E-state index in [2.05, 4.69) is 20.3 Å². The molecule has 2 aromatic heterocycles. The summed E-state index contributed by atoms with van der Waals surface area (Å²) < 4.78 is 5.53. The lowest BCUT2D eigenvalue weighted by molar-refractivity contribution is 0.0538. The highest BCUT2D eigenvalue weighted by molar-refractivity contribution is 7.17. The van der Waals surface area contributed by atoms with Gasteiger partial charge in [-0.05, 0) is 13.3 Å². The number of hydrogen-bond acceptors (Lipinski definition) is 7. The van der Waals surface area contributed by atoms with Crippen LogP contribution < -0.4 is 10.2 Å². The van der Waals surface area contributed by atoms with Crippen LogP contribution in [-0.4, -0.2) is 64.3 Å². The van der Waals surface area contributed by atoms with Crippen LogP contribution in [0.5, 0.6) is 0 Å².